The number of hydrogen-bond acceptors (Lipinski definition) is 5. The largest absolute Gasteiger partial charge is 0.332 e. The van der Waals surface area contributed by atoms with Crippen LogP contribution in [-0.4, -0.2) is 37.0 Å². The molecule has 0 radical (unpaired) electrons. The van der Waals surface area contributed by atoms with Gasteiger partial charge in [0.05, 0.1) is 17.7 Å². The first-order chi connectivity index (χ1) is 13.9. The molecule has 1 aliphatic rings. The van der Waals surface area contributed by atoms with E-state index in [4.69, 9.17) is 0 Å². The van der Waals surface area contributed by atoms with Gasteiger partial charge in [0.1, 0.15) is 6.54 Å². The molecule has 0 unspecified atom stereocenters. The van der Waals surface area contributed by atoms with E-state index in [0.717, 1.165) is 11.0 Å². The predicted molar refractivity (Wildman–Crippen MR) is 107 cm³/mol. The van der Waals surface area contributed by atoms with Gasteiger partial charge in [0, 0.05) is 27.1 Å². The van der Waals surface area contributed by atoms with Gasteiger partial charge in [0.15, 0.2) is 11.2 Å². The van der Waals surface area contributed by atoms with Crippen molar-refractivity contribution >= 4 is 34.4 Å². The summed E-state index contributed by atoms with van der Waals surface area (Å²) in [6, 6.07) is 6.97. The third-order valence-corrected chi connectivity index (χ3v) is 5.05. The number of imidazole rings is 1. The van der Waals surface area contributed by atoms with E-state index in [1.54, 1.807) is 36.2 Å². The summed E-state index contributed by atoms with van der Waals surface area (Å²) in [5.74, 6) is -0.539. The minimum atomic E-state index is -0.626. The van der Waals surface area contributed by atoms with Crippen molar-refractivity contribution in [3.63, 3.8) is 0 Å². The van der Waals surface area contributed by atoms with Crippen LogP contribution in [0.2, 0.25) is 0 Å². The SMILES string of the molecule is Cn1cnc2c1c(=O)n(CC(=O)Nc1ccccc1N1CCCC1=O)c(=O)n2C. The number of carbonyl (C=O) groups excluding carboxylic acids is 2. The highest BCUT2D eigenvalue weighted by molar-refractivity contribution is 6.02. The van der Waals surface area contributed by atoms with Gasteiger partial charge >= 0.3 is 5.69 Å². The zero-order chi connectivity index (χ0) is 20.7. The van der Waals surface area contributed by atoms with Crippen molar-refractivity contribution < 1.29 is 9.59 Å². The first-order valence-electron chi connectivity index (χ1n) is 9.18. The number of fused-ring (bicyclic) bond motifs is 1. The lowest BCUT2D eigenvalue weighted by atomic mass is 10.2. The molecule has 1 saturated heterocycles. The second-order valence-electron chi connectivity index (χ2n) is 6.97. The Balaban J connectivity index is 1.66. The molecule has 1 aromatic carbocycles. The van der Waals surface area contributed by atoms with E-state index < -0.39 is 23.7 Å². The van der Waals surface area contributed by atoms with Crippen LogP contribution in [0.1, 0.15) is 12.8 Å². The molecule has 1 N–H and O–H groups in total. The molecule has 0 saturated carbocycles. The summed E-state index contributed by atoms with van der Waals surface area (Å²) in [5.41, 5.74) is 0.352. The second kappa shape index (κ2) is 7.04. The fourth-order valence-electron chi connectivity index (χ4n) is 3.59. The van der Waals surface area contributed by atoms with E-state index in [1.807, 2.05) is 0 Å². The van der Waals surface area contributed by atoms with Crippen LogP contribution in [0.5, 0.6) is 0 Å². The topological polar surface area (TPSA) is 111 Å². The van der Waals surface area contributed by atoms with Crippen LogP contribution in [0.15, 0.2) is 40.2 Å². The molecule has 1 aliphatic heterocycles. The highest BCUT2D eigenvalue weighted by atomic mass is 16.2. The fourth-order valence-corrected chi connectivity index (χ4v) is 3.59. The van der Waals surface area contributed by atoms with E-state index >= 15 is 0 Å². The maximum atomic E-state index is 12.7. The molecular weight excluding hydrogens is 376 g/mol. The molecule has 1 fully saturated rings. The first-order valence-corrected chi connectivity index (χ1v) is 9.18. The first kappa shape index (κ1) is 18.7. The van der Waals surface area contributed by atoms with E-state index in [2.05, 4.69) is 10.3 Å². The number of amides is 2. The number of aryl methyl sites for hydroxylation is 2. The summed E-state index contributed by atoms with van der Waals surface area (Å²) in [4.78, 5) is 55.7. The summed E-state index contributed by atoms with van der Waals surface area (Å²) in [6.07, 6.45) is 2.68. The Bertz CT molecular complexity index is 1250. The number of anilines is 2. The summed E-state index contributed by atoms with van der Waals surface area (Å²) < 4.78 is 3.63. The number of nitrogens with one attached hydrogen (secondary N) is 1. The lowest BCUT2D eigenvalue weighted by Gasteiger charge is -2.20. The number of carbonyl (C=O) groups is 2. The molecule has 4 rings (SSSR count). The van der Waals surface area contributed by atoms with Crippen LogP contribution in [0.25, 0.3) is 11.2 Å². The molecule has 0 spiro atoms. The van der Waals surface area contributed by atoms with Crippen molar-refractivity contribution in [3.8, 4) is 0 Å². The summed E-state index contributed by atoms with van der Waals surface area (Å²) >= 11 is 0. The molecule has 2 amide bonds. The Morgan fingerprint density at radius 1 is 1.17 bits per heavy atom. The molecule has 29 heavy (non-hydrogen) atoms. The quantitative estimate of drug-likeness (QED) is 0.677. The third-order valence-electron chi connectivity index (χ3n) is 5.05. The van der Waals surface area contributed by atoms with Gasteiger partial charge in [-0.15, -0.1) is 0 Å². The van der Waals surface area contributed by atoms with Gasteiger partial charge in [0.2, 0.25) is 11.8 Å². The Kier molecular flexibility index (Phi) is 4.53. The van der Waals surface area contributed by atoms with Crippen molar-refractivity contribution in [2.45, 2.75) is 19.4 Å². The molecule has 0 bridgehead atoms. The molecule has 10 heteroatoms. The molecular formula is C19H20N6O4. The zero-order valence-corrected chi connectivity index (χ0v) is 16.1. The Morgan fingerprint density at radius 2 is 1.93 bits per heavy atom. The van der Waals surface area contributed by atoms with Crippen LogP contribution >= 0.6 is 0 Å². The Labute approximate surface area is 165 Å². The molecule has 0 aliphatic carbocycles. The monoisotopic (exact) mass is 396 g/mol. The standard InChI is InChI=1S/C19H20N6O4/c1-22-11-20-17-16(22)18(28)25(19(29)23(17)2)10-14(26)21-12-6-3-4-7-13(12)24-9-5-8-15(24)27/h3-4,6-7,11H,5,8-10H2,1-2H3,(H,21,26). The van der Waals surface area contributed by atoms with Crippen molar-refractivity contribution in [1.29, 1.82) is 0 Å². The van der Waals surface area contributed by atoms with Gasteiger partial charge in [-0.05, 0) is 18.6 Å². The Hall–Kier alpha value is -3.69. The summed E-state index contributed by atoms with van der Waals surface area (Å²) in [6.45, 7) is 0.137. The maximum Gasteiger partial charge on any atom is 0.332 e. The van der Waals surface area contributed by atoms with Gasteiger partial charge in [-0.1, -0.05) is 12.1 Å². The average molecular weight is 396 g/mol. The normalized spacial score (nSPS) is 14.0. The van der Waals surface area contributed by atoms with Crippen LogP contribution in [0, 0.1) is 0 Å². The lowest BCUT2D eigenvalue weighted by molar-refractivity contribution is -0.118. The number of benzene rings is 1. The smallest absolute Gasteiger partial charge is 0.328 e. The zero-order valence-electron chi connectivity index (χ0n) is 16.1. The second-order valence-corrected chi connectivity index (χ2v) is 6.97. The minimum Gasteiger partial charge on any atom is -0.328 e. The molecule has 3 heterocycles. The Morgan fingerprint density at radius 3 is 2.66 bits per heavy atom. The van der Waals surface area contributed by atoms with E-state index in [0.29, 0.717) is 24.3 Å². The van der Waals surface area contributed by atoms with Gasteiger partial charge in [0.25, 0.3) is 5.56 Å². The van der Waals surface area contributed by atoms with Crippen LogP contribution in [0.3, 0.4) is 0 Å². The van der Waals surface area contributed by atoms with Gasteiger partial charge in [-0.25, -0.2) is 14.3 Å². The number of nitrogens with zero attached hydrogens (tertiary/aromatic N) is 5. The van der Waals surface area contributed by atoms with Gasteiger partial charge in [-0.2, -0.15) is 0 Å². The van der Waals surface area contributed by atoms with Crippen molar-refractivity contribution in [3.05, 3.63) is 51.4 Å². The van der Waals surface area contributed by atoms with Crippen molar-refractivity contribution in [1.82, 2.24) is 18.7 Å². The van der Waals surface area contributed by atoms with Crippen molar-refractivity contribution in [2.75, 3.05) is 16.8 Å². The van der Waals surface area contributed by atoms with E-state index in [-0.39, 0.29) is 17.1 Å². The van der Waals surface area contributed by atoms with E-state index in [9.17, 15) is 19.2 Å². The van der Waals surface area contributed by atoms with Gasteiger partial charge < -0.3 is 14.8 Å². The summed E-state index contributed by atoms with van der Waals surface area (Å²) in [5, 5.41) is 2.72. The van der Waals surface area contributed by atoms with Crippen LogP contribution in [0.4, 0.5) is 11.4 Å². The average Bonchev–Trinajstić information content (AvgIpc) is 3.30. The molecule has 150 valence electrons. The third kappa shape index (κ3) is 3.12. The number of rotatable bonds is 4. The summed E-state index contributed by atoms with van der Waals surface area (Å²) in [7, 11) is 3.15. The minimum absolute atomic E-state index is 0.00144. The maximum absolute atomic E-state index is 12.7. The van der Waals surface area contributed by atoms with Gasteiger partial charge in [-0.3, -0.25) is 19.0 Å². The molecule has 0 atom stereocenters. The molecule has 10 nitrogen and oxygen atoms in total. The number of hydrogen-bond donors (Lipinski definition) is 1. The van der Waals surface area contributed by atoms with E-state index in [1.165, 1.54) is 22.5 Å². The molecule has 2 aromatic heterocycles. The fraction of sp³-hybridized carbons (Fsp3) is 0.316. The predicted octanol–water partition coefficient (Wildman–Crippen LogP) is 0.199. The lowest BCUT2D eigenvalue weighted by Crippen LogP contribution is -2.42. The molecule has 3 aromatic rings. The number of para-hydroxylation sites is 2. The highest BCUT2D eigenvalue weighted by Crippen LogP contribution is 2.29. The highest BCUT2D eigenvalue weighted by Gasteiger charge is 2.24. The number of aromatic nitrogens is 4. The van der Waals surface area contributed by atoms with Crippen molar-refractivity contribution in [2.24, 2.45) is 14.1 Å². The van der Waals surface area contributed by atoms with Crippen LogP contribution < -0.4 is 21.5 Å². The van der Waals surface area contributed by atoms with Crippen LogP contribution in [-0.2, 0) is 30.2 Å².